The molecule has 0 heterocycles. The smallest absolute Gasteiger partial charge is 0.203 e. The van der Waals surface area contributed by atoms with Crippen molar-refractivity contribution in [3.8, 4) is 11.8 Å². The molecule has 0 saturated heterocycles. The highest BCUT2D eigenvalue weighted by Gasteiger charge is 2.20. The first-order valence-corrected chi connectivity index (χ1v) is 3.75. The molecule has 2 nitrogen and oxygen atoms in total. The van der Waals surface area contributed by atoms with Gasteiger partial charge in [0.2, 0.25) is 5.82 Å². The van der Waals surface area contributed by atoms with E-state index < -0.39 is 29.1 Å². The van der Waals surface area contributed by atoms with E-state index in [-0.39, 0.29) is 5.56 Å². The second-order valence-electron chi connectivity index (χ2n) is 2.77. The highest BCUT2D eigenvalue weighted by Crippen LogP contribution is 2.30. The van der Waals surface area contributed by atoms with Gasteiger partial charge in [0.25, 0.3) is 0 Å². The van der Waals surface area contributed by atoms with Crippen LogP contribution in [0.4, 0.5) is 13.2 Å². The molecule has 0 aliphatic carbocycles. The highest BCUT2D eigenvalue weighted by atomic mass is 19.2. The van der Waals surface area contributed by atoms with Crippen LogP contribution in [0.3, 0.4) is 0 Å². The molecule has 0 aromatic heterocycles. The van der Waals surface area contributed by atoms with Crippen LogP contribution in [-0.2, 0) is 0 Å². The fraction of sp³-hybridized carbons (Fsp3) is 0.222. The number of phenolic OH excluding ortho intramolecular Hbond substituents is 1. The quantitative estimate of drug-likeness (QED) is 0.709. The summed E-state index contributed by atoms with van der Waals surface area (Å²) in [6, 6.07) is 2.29. The molecule has 1 aromatic carbocycles. The van der Waals surface area contributed by atoms with E-state index in [4.69, 9.17) is 10.4 Å². The topological polar surface area (TPSA) is 44.0 Å². The van der Waals surface area contributed by atoms with Crippen molar-refractivity contribution in [2.24, 2.45) is 0 Å². The Bertz CT molecular complexity index is 411. The van der Waals surface area contributed by atoms with Crippen molar-refractivity contribution < 1.29 is 18.3 Å². The summed E-state index contributed by atoms with van der Waals surface area (Å²) in [4.78, 5) is 0. The maximum absolute atomic E-state index is 12.8. The Morgan fingerprint density at radius 2 is 1.93 bits per heavy atom. The monoisotopic (exact) mass is 201 g/mol. The second-order valence-corrected chi connectivity index (χ2v) is 2.77. The van der Waals surface area contributed by atoms with Crippen LogP contribution >= 0.6 is 0 Å². The van der Waals surface area contributed by atoms with Gasteiger partial charge in [-0.2, -0.15) is 9.65 Å². The summed E-state index contributed by atoms with van der Waals surface area (Å²) in [6.07, 6.45) is 0. The van der Waals surface area contributed by atoms with E-state index in [0.29, 0.717) is 6.07 Å². The maximum Gasteiger partial charge on any atom is 0.203 e. The van der Waals surface area contributed by atoms with Crippen LogP contribution in [0.1, 0.15) is 18.4 Å². The van der Waals surface area contributed by atoms with Crippen LogP contribution in [0.15, 0.2) is 6.07 Å². The minimum Gasteiger partial charge on any atom is -0.505 e. The van der Waals surface area contributed by atoms with Gasteiger partial charge in [-0.3, -0.25) is 0 Å². The first-order chi connectivity index (χ1) is 6.49. The summed E-state index contributed by atoms with van der Waals surface area (Å²) in [5.41, 5.74) is -0.260. The summed E-state index contributed by atoms with van der Waals surface area (Å²) in [6.45, 7) is 1.34. The Kier molecular flexibility index (Phi) is 2.65. The second kappa shape index (κ2) is 3.58. The SMILES string of the molecule is CC(C#N)c1cc(F)c(F)c(F)c1O. The Balaban J connectivity index is 3.42. The zero-order valence-corrected chi connectivity index (χ0v) is 7.18. The third-order valence-corrected chi connectivity index (χ3v) is 1.83. The number of nitrogens with zero attached hydrogens (tertiary/aromatic N) is 1. The molecular formula is C9H6F3NO. The largest absolute Gasteiger partial charge is 0.505 e. The number of hydrogen-bond donors (Lipinski definition) is 1. The molecule has 1 N–H and O–H groups in total. The van der Waals surface area contributed by atoms with E-state index in [1.165, 1.54) is 6.92 Å². The average molecular weight is 201 g/mol. The molecule has 0 aliphatic heterocycles. The lowest BCUT2D eigenvalue weighted by molar-refractivity contribution is 0.380. The molecule has 0 saturated carbocycles. The molecule has 0 amide bonds. The van der Waals surface area contributed by atoms with Gasteiger partial charge >= 0.3 is 0 Å². The lowest BCUT2D eigenvalue weighted by Gasteiger charge is -2.07. The van der Waals surface area contributed by atoms with Gasteiger partial charge in [0.1, 0.15) is 0 Å². The number of rotatable bonds is 1. The van der Waals surface area contributed by atoms with Gasteiger partial charge in [-0.25, -0.2) is 8.78 Å². The van der Waals surface area contributed by atoms with Crippen LogP contribution in [0.5, 0.6) is 5.75 Å². The zero-order chi connectivity index (χ0) is 10.9. The summed E-state index contributed by atoms with van der Waals surface area (Å²) >= 11 is 0. The third-order valence-electron chi connectivity index (χ3n) is 1.83. The summed E-state index contributed by atoms with van der Waals surface area (Å²) in [7, 11) is 0. The normalized spacial score (nSPS) is 12.2. The molecular weight excluding hydrogens is 195 g/mol. The van der Waals surface area contributed by atoms with Gasteiger partial charge in [0, 0.05) is 5.56 Å². The van der Waals surface area contributed by atoms with Crippen LogP contribution in [-0.4, -0.2) is 5.11 Å². The van der Waals surface area contributed by atoms with Gasteiger partial charge in [-0.05, 0) is 13.0 Å². The zero-order valence-electron chi connectivity index (χ0n) is 7.18. The fourth-order valence-electron chi connectivity index (χ4n) is 1.00. The van der Waals surface area contributed by atoms with E-state index in [0.717, 1.165) is 0 Å². The van der Waals surface area contributed by atoms with Crippen molar-refractivity contribution in [1.29, 1.82) is 5.26 Å². The Morgan fingerprint density at radius 3 is 2.43 bits per heavy atom. The Hall–Kier alpha value is -1.70. The Morgan fingerprint density at radius 1 is 1.36 bits per heavy atom. The molecule has 0 spiro atoms. The van der Waals surface area contributed by atoms with Crippen molar-refractivity contribution in [3.05, 3.63) is 29.1 Å². The van der Waals surface area contributed by atoms with Gasteiger partial charge in [-0.1, -0.05) is 0 Å². The molecule has 1 aromatic rings. The highest BCUT2D eigenvalue weighted by molar-refractivity contribution is 5.39. The summed E-state index contributed by atoms with van der Waals surface area (Å²) in [5, 5.41) is 17.5. The van der Waals surface area contributed by atoms with E-state index in [9.17, 15) is 13.2 Å². The van der Waals surface area contributed by atoms with Crippen molar-refractivity contribution in [2.45, 2.75) is 12.8 Å². The van der Waals surface area contributed by atoms with Gasteiger partial charge in [-0.15, -0.1) is 0 Å². The molecule has 1 unspecified atom stereocenters. The van der Waals surface area contributed by atoms with Crippen molar-refractivity contribution in [1.82, 2.24) is 0 Å². The number of aromatic hydroxyl groups is 1. The fourth-order valence-corrected chi connectivity index (χ4v) is 1.00. The number of benzene rings is 1. The Labute approximate surface area is 78.2 Å². The number of nitriles is 1. The number of halogens is 3. The number of hydrogen-bond acceptors (Lipinski definition) is 2. The van der Waals surface area contributed by atoms with Crippen LogP contribution < -0.4 is 0 Å². The van der Waals surface area contributed by atoms with Crippen LogP contribution in [0.25, 0.3) is 0 Å². The van der Waals surface area contributed by atoms with E-state index in [1.807, 2.05) is 0 Å². The lowest BCUT2D eigenvalue weighted by Crippen LogP contribution is -1.98. The summed E-state index contributed by atoms with van der Waals surface area (Å²) < 4.78 is 38.0. The number of phenols is 1. The maximum atomic E-state index is 12.8. The predicted octanol–water partition coefficient (Wildman–Crippen LogP) is 2.44. The molecule has 1 rings (SSSR count). The first-order valence-electron chi connectivity index (χ1n) is 3.75. The van der Waals surface area contributed by atoms with Crippen molar-refractivity contribution in [2.75, 3.05) is 0 Å². The molecule has 0 fully saturated rings. The molecule has 74 valence electrons. The van der Waals surface area contributed by atoms with E-state index >= 15 is 0 Å². The molecule has 14 heavy (non-hydrogen) atoms. The lowest BCUT2D eigenvalue weighted by atomic mass is 10.0. The molecule has 0 bridgehead atoms. The average Bonchev–Trinajstić information content (AvgIpc) is 2.19. The first kappa shape index (κ1) is 10.4. The van der Waals surface area contributed by atoms with Gasteiger partial charge in [0.05, 0.1) is 12.0 Å². The van der Waals surface area contributed by atoms with Crippen LogP contribution in [0, 0.1) is 28.8 Å². The van der Waals surface area contributed by atoms with Gasteiger partial charge in [0.15, 0.2) is 17.4 Å². The summed E-state index contributed by atoms with van der Waals surface area (Å²) in [5.74, 6) is -6.74. The standard InChI is InChI=1S/C9H6F3NO/c1-4(3-13)5-2-6(10)7(11)8(12)9(5)14/h2,4,14H,1H3. The van der Waals surface area contributed by atoms with Gasteiger partial charge < -0.3 is 5.11 Å². The molecule has 5 heteroatoms. The molecule has 0 aliphatic rings. The minimum absolute atomic E-state index is 0.260. The third kappa shape index (κ3) is 1.51. The van der Waals surface area contributed by atoms with Crippen molar-refractivity contribution >= 4 is 0 Å². The predicted molar refractivity (Wildman–Crippen MR) is 42.0 cm³/mol. The van der Waals surface area contributed by atoms with E-state index in [1.54, 1.807) is 6.07 Å². The van der Waals surface area contributed by atoms with Crippen LogP contribution in [0.2, 0.25) is 0 Å². The van der Waals surface area contributed by atoms with Crippen molar-refractivity contribution in [3.63, 3.8) is 0 Å². The minimum atomic E-state index is -1.74. The molecule has 1 atom stereocenters. The van der Waals surface area contributed by atoms with E-state index in [2.05, 4.69) is 0 Å². The molecule has 0 radical (unpaired) electrons.